The Morgan fingerprint density at radius 1 is 1.16 bits per heavy atom. The second-order valence-corrected chi connectivity index (χ2v) is 4.52. The van der Waals surface area contributed by atoms with E-state index < -0.39 is 43.2 Å². The van der Waals surface area contributed by atoms with Crippen LogP contribution in [0.1, 0.15) is 19.8 Å². The van der Waals surface area contributed by atoms with Crippen LogP contribution in [0, 0.1) is 0 Å². The molecule has 0 aromatic rings. The highest BCUT2D eigenvalue weighted by Crippen LogP contribution is 2.19. The van der Waals surface area contributed by atoms with E-state index in [1.54, 1.807) is 0 Å². The normalized spacial score (nSPS) is 34.9. The lowest BCUT2D eigenvalue weighted by Gasteiger charge is -2.40. The van der Waals surface area contributed by atoms with E-state index in [1.807, 2.05) is 0 Å². The summed E-state index contributed by atoms with van der Waals surface area (Å²) in [4.78, 5) is 22.2. The number of hydrogen-bond acceptors (Lipinski definition) is 7. The molecule has 1 heterocycles. The van der Waals surface area contributed by atoms with E-state index in [-0.39, 0.29) is 18.6 Å². The molecule has 1 amide bonds. The Bertz CT molecular complexity index is 335. The van der Waals surface area contributed by atoms with E-state index in [0.29, 0.717) is 0 Å². The standard InChI is InChI=1S/C11H19NO7/c1-5(14)2-3-7(15)12-8-10(17)9(16)6(4-13)19-11(8)18/h6,8-11,13,16-18H,2-4H2,1H3,(H,12,15)/t6?,8?,9-,10?,11?/m0/s1. The van der Waals surface area contributed by atoms with E-state index in [1.165, 1.54) is 6.92 Å². The number of aliphatic hydroxyl groups excluding tert-OH is 4. The molecule has 0 aromatic heterocycles. The van der Waals surface area contributed by atoms with Crippen LogP contribution >= 0.6 is 0 Å². The Kier molecular flexibility index (Phi) is 5.83. The zero-order chi connectivity index (χ0) is 14.6. The molecule has 0 radical (unpaired) electrons. The van der Waals surface area contributed by atoms with Crippen LogP contribution in [-0.2, 0) is 14.3 Å². The minimum absolute atomic E-state index is 0.0490. The number of carbonyl (C=O) groups excluding carboxylic acids is 2. The zero-order valence-corrected chi connectivity index (χ0v) is 10.5. The van der Waals surface area contributed by atoms with Crippen LogP contribution in [0.2, 0.25) is 0 Å². The average Bonchev–Trinajstić information content (AvgIpc) is 2.36. The summed E-state index contributed by atoms with van der Waals surface area (Å²) in [5.74, 6) is -0.701. The molecule has 8 nitrogen and oxygen atoms in total. The molecule has 1 fully saturated rings. The van der Waals surface area contributed by atoms with Crippen LogP contribution in [0.3, 0.4) is 0 Å². The predicted octanol–water partition coefficient (Wildman–Crippen LogP) is -2.73. The Labute approximate surface area is 110 Å². The fraction of sp³-hybridized carbons (Fsp3) is 0.818. The molecule has 5 atom stereocenters. The molecule has 5 N–H and O–H groups in total. The van der Waals surface area contributed by atoms with E-state index in [0.717, 1.165) is 0 Å². The Morgan fingerprint density at radius 3 is 2.32 bits per heavy atom. The van der Waals surface area contributed by atoms with Gasteiger partial charge in [-0.25, -0.2) is 0 Å². The second-order valence-electron chi connectivity index (χ2n) is 4.52. The van der Waals surface area contributed by atoms with Gasteiger partial charge in [-0.05, 0) is 6.92 Å². The van der Waals surface area contributed by atoms with Crippen LogP contribution in [0.25, 0.3) is 0 Å². The van der Waals surface area contributed by atoms with Gasteiger partial charge in [-0.1, -0.05) is 0 Å². The first-order valence-electron chi connectivity index (χ1n) is 5.96. The van der Waals surface area contributed by atoms with Crippen LogP contribution in [-0.4, -0.2) is 69.4 Å². The highest BCUT2D eigenvalue weighted by molar-refractivity contribution is 5.83. The van der Waals surface area contributed by atoms with Crippen molar-refractivity contribution in [2.24, 2.45) is 0 Å². The summed E-state index contributed by atoms with van der Waals surface area (Å²) in [6.07, 6.45) is -5.58. The lowest BCUT2D eigenvalue weighted by atomic mass is 9.97. The van der Waals surface area contributed by atoms with Gasteiger partial charge in [0.15, 0.2) is 6.29 Å². The monoisotopic (exact) mass is 277 g/mol. The topological polar surface area (TPSA) is 136 Å². The van der Waals surface area contributed by atoms with Crippen molar-refractivity contribution in [1.82, 2.24) is 5.32 Å². The molecule has 1 rings (SSSR count). The van der Waals surface area contributed by atoms with Crippen LogP contribution < -0.4 is 5.32 Å². The Balaban J connectivity index is 2.57. The number of nitrogens with one attached hydrogen (secondary N) is 1. The molecule has 4 unspecified atom stereocenters. The average molecular weight is 277 g/mol. The first-order chi connectivity index (χ1) is 8.86. The summed E-state index contributed by atoms with van der Waals surface area (Å²) >= 11 is 0. The third kappa shape index (κ3) is 4.22. The van der Waals surface area contributed by atoms with Gasteiger partial charge in [-0.2, -0.15) is 0 Å². The predicted molar refractivity (Wildman–Crippen MR) is 61.8 cm³/mol. The van der Waals surface area contributed by atoms with Gasteiger partial charge in [0.25, 0.3) is 0 Å². The van der Waals surface area contributed by atoms with Crippen molar-refractivity contribution in [2.75, 3.05) is 6.61 Å². The Morgan fingerprint density at radius 2 is 1.79 bits per heavy atom. The van der Waals surface area contributed by atoms with Crippen molar-refractivity contribution in [1.29, 1.82) is 0 Å². The minimum Gasteiger partial charge on any atom is -0.394 e. The molecule has 0 aliphatic carbocycles. The summed E-state index contributed by atoms with van der Waals surface area (Å²) in [6, 6.07) is -1.21. The number of Topliss-reactive ketones (excluding diaryl/α,β-unsaturated/α-hetero) is 1. The number of carbonyl (C=O) groups is 2. The van der Waals surface area contributed by atoms with Crippen molar-refractivity contribution in [3.8, 4) is 0 Å². The van der Waals surface area contributed by atoms with E-state index in [9.17, 15) is 24.9 Å². The van der Waals surface area contributed by atoms with Crippen molar-refractivity contribution in [3.05, 3.63) is 0 Å². The molecule has 8 heteroatoms. The molecule has 0 saturated carbocycles. The summed E-state index contributed by atoms with van der Waals surface area (Å²) in [5, 5.41) is 40.1. The molecule has 110 valence electrons. The third-order valence-corrected chi connectivity index (χ3v) is 2.93. The lowest BCUT2D eigenvalue weighted by Crippen LogP contribution is -2.64. The maximum Gasteiger partial charge on any atom is 0.220 e. The first-order valence-corrected chi connectivity index (χ1v) is 5.96. The lowest BCUT2D eigenvalue weighted by molar-refractivity contribution is -0.253. The van der Waals surface area contributed by atoms with Gasteiger partial charge in [-0.15, -0.1) is 0 Å². The molecule has 19 heavy (non-hydrogen) atoms. The molecule has 0 aromatic carbocycles. The largest absolute Gasteiger partial charge is 0.394 e. The van der Waals surface area contributed by atoms with Crippen molar-refractivity contribution in [3.63, 3.8) is 0 Å². The van der Waals surface area contributed by atoms with Crippen molar-refractivity contribution in [2.45, 2.75) is 50.4 Å². The Hall–Kier alpha value is -1.06. The van der Waals surface area contributed by atoms with Crippen LogP contribution in [0.5, 0.6) is 0 Å². The first kappa shape index (κ1) is 16.0. The van der Waals surface area contributed by atoms with Crippen LogP contribution in [0.4, 0.5) is 0 Å². The van der Waals surface area contributed by atoms with Gasteiger partial charge in [0.1, 0.15) is 30.1 Å². The fourth-order valence-corrected chi connectivity index (χ4v) is 1.80. The molecule has 0 bridgehead atoms. The number of ether oxygens (including phenoxy) is 1. The number of amides is 1. The van der Waals surface area contributed by atoms with E-state index >= 15 is 0 Å². The number of hydrogen-bond donors (Lipinski definition) is 5. The van der Waals surface area contributed by atoms with E-state index in [4.69, 9.17) is 9.84 Å². The smallest absolute Gasteiger partial charge is 0.220 e. The summed E-state index contributed by atoms with van der Waals surface area (Å²) in [6.45, 7) is 0.774. The molecular weight excluding hydrogens is 258 g/mol. The summed E-state index contributed by atoms with van der Waals surface area (Å²) < 4.78 is 4.87. The highest BCUT2D eigenvalue weighted by Gasteiger charge is 2.44. The third-order valence-electron chi connectivity index (χ3n) is 2.93. The second kappa shape index (κ2) is 6.92. The number of ketones is 1. The molecule has 0 spiro atoms. The van der Waals surface area contributed by atoms with Crippen molar-refractivity contribution < 1.29 is 34.8 Å². The quantitative estimate of drug-likeness (QED) is 0.368. The van der Waals surface area contributed by atoms with Gasteiger partial charge in [0.05, 0.1) is 6.61 Å². The highest BCUT2D eigenvalue weighted by atomic mass is 16.6. The van der Waals surface area contributed by atoms with Gasteiger partial charge >= 0.3 is 0 Å². The fourth-order valence-electron chi connectivity index (χ4n) is 1.80. The van der Waals surface area contributed by atoms with Gasteiger partial charge in [-0.3, -0.25) is 4.79 Å². The molecular formula is C11H19NO7. The SMILES string of the molecule is CC(=O)CCC(=O)NC1C(O)OC(CO)[C@H](O)C1O. The zero-order valence-electron chi connectivity index (χ0n) is 10.5. The van der Waals surface area contributed by atoms with Crippen LogP contribution in [0.15, 0.2) is 0 Å². The minimum atomic E-state index is -1.54. The van der Waals surface area contributed by atoms with Gasteiger partial charge in [0, 0.05) is 12.8 Å². The van der Waals surface area contributed by atoms with Crippen molar-refractivity contribution >= 4 is 11.7 Å². The van der Waals surface area contributed by atoms with Gasteiger partial charge in [0.2, 0.25) is 5.91 Å². The maximum atomic E-state index is 11.5. The molecule has 1 aliphatic heterocycles. The maximum absolute atomic E-state index is 11.5. The number of rotatable bonds is 5. The van der Waals surface area contributed by atoms with E-state index in [2.05, 4.69) is 5.32 Å². The summed E-state index contributed by atoms with van der Waals surface area (Å²) in [7, 11) is 0. The summed E-state index contributed by atoms with van der Waals surface area (Å²) in [5.41, 5.74) is 0. The number of aliphatic hydroxyl groups is 4. The van der Waals surface area contributed by atoms with Gasteiger partial charge < -0.3 is 35.3 Å². The molecule has 1 aliphatic rings. The molecule has 1 saturated heterocycles.